The first-order valence-electron chi connectivity index (χ1n) is 6.25. The van der Waals surface area contributed by atoms with Crippen molar-refractivity contribution in [1.82, 2.24) is 0 Å². The summed E-state index contributed by atoms with van der Waals surface area (Å²) in [7, 11) is 0. The lowest BCUT2D eigenvalue weighted by Crippen LogP contribution is -2.44. The highest BCUT2D eigenvalue weighted by molar-refractivity contribution is 5.77. The summed E-state index contributed by atoms with van der Waals surface area (Å²) in [5.74, 6) is -0.939. The lowest BCUT2D eigenvalue weighted by Gasteiger charge is -2.19. The van der Waals surface area contributed by atoms with Gasteiger partial charge in [-0.2, -0.15) is 0 Å². The van der Waals surface area contributed by atoms with Crippen LogP contribution in [0.5, 0.6) is 0 Å². The van der Waals surface area contributed by atoms with Crippen LogP contribution in [0.25, 0.3) is 0 Å². The highest BCUT2D eigenvalue weighted by Gasteiger charge is 2.26. The predicted octanol–water partition coefficient (Wildman–Crippen LogP) is 2.41. The van der Waals surface area contributed by atoms with Crippen LogP contribution in [-0.2, 0) is 9.53 Å². The summed E-state index contributed by atoms with van der Waals surface area (Å²) in [6.45, 7) is 9.55. The van der Waals surface area contributed by atoms with Crippen LogP contribution in [-0.4, -0.2) is 29.8 Å². The van der Waals surface area contributed by atoms with Crippen molar-refractivity contribution in [3.63, 3.8) is 0 Å². The quantitative estimate of drug-likeness (QED) is 0.644. The highest BCUT2D eigenvalue weighted by Crippen LogP contribution is 2.18. The van der Waals surface area contributed by atoms with Crippen molar-refractivity contribution in [2.24, 2.45) is 11.1 Å². The molecule has 4 heteroatoms. The van der Waals surface area contributed by atoms with Crippen LogP contribution < -0.4 is 5.73 Å². The molecule has 3 N–H and O–H groups in total. The topological polar surface area (TPSA) is 72.5 Å². The van der Waals surface area contributed by atoms with E-state index in [1.807, 2.05) is 0 Å². The van der Waals surface area contributed by atoms with E-state index in [1.54, 1.807) is 6.92 Å². The normalized spacial score (nSPS) is 15.6. The summed E-state index contributed by atoms with van der Waals surface area (Å²) in [6.07, 6.45) is 3.18. The molecule has 0 aliphatic rings. The average molecular weight is 245 g/mol. The van der Waals surface area contributed by atoms with E-state index in [1.165, 1.54) is 0 Å². The van der Waals surface area contributed by atoms with Gasteiger partial charge in [0.15, 0.2) is 0 Å². The Morgan fingerprint density at radius 3 is 2.18 bits per heavy atom. The van der Waals surface area contributed by atoms with E-state index in [4.69, 9.17) is 15.6 Å². The first-order valence-corrected chi connectivity index (χ1v) is 6.25. The number of unbranched alkanes of at least 4 members (excludes halogenated alkanes) is 1. The number of rotatable bonds is 8. The molecule has 0 aromatic heterocycles. The molecule has 0 saturated heterocycles. The Hall–Kier alpha value is -0.610. The maximum Gasteiger partial charge on any atom is 0.323 e. The lowest BCUT2D eigenvalue weighted by molar-refractivity contribution is -0.143. The standard InChI is InChI=1S/C13H27NO3/c1-12(2,3)8-10-17-9-6-5-7-13(4,14)11(15)16/h5-10,14H2,1-4H3,(H,15,16). The molecule has 4 nitrogen and oxygen atoms in total. The minimum atomic E-state index is -1.11. The number of aliphatic carboxylic acids is 1. The van der Waals surface area contributed by atoms with Crippen molar-refractivity contribution < 1.29 is 14.6 Å². The summed E-state index contributed by atoms with van der Waals surface area (Å²) in [6, 6.07) is 0. The Morgan fingerprint density at radius 2 is 1.71 bits per heavy atom. The lowest BCUT2D eigenvalue weighted by atomic mass is 9.93. The third kappa shape index (κ3) is 9.12. The van der Waals surface area contributed by atoms with Crippen molar-refractivity contribution in [1.29, 1.82) is 0 Å². The molecule has 0 aromatic rings. The van der Waals surface area contributed by atoms with E-state index in [0.29, 0.717) is 18.4 Å². The maximum absolute atomic E-state index is 10.7. The second kappa shape index (κ2) is 6.97. The number of hydrogen-bond acceptors (Lipinski definition) is 3. The smallest absolute Gasteiger partial charge is 0.323 e. The van der Waals surface area contributed by atoms with Crippen LogP contribution in [0.1, 0.15) is 53.4 Å². The van der Waals surface area contributed by atoms with Crippen LogP contribution in [0, 0.1) is 5.41 Å². The number of ether oxygens (including phenoxy) is 1. The van der Waals surface area contributed by atoms with E-state index >= 15 is 0 Å². The molecule has 0 rings (SSSR count). The van der Waals surface area contributed by atoms with Crippen LogP contribution in [0.4, 0.5) is 0 Å². The monoisotopic (exact) mass is 245 g/mol. The molecule has 0 aliphatic carbocycles. The van der Waals surface area contributed by atoms with Gasteiger partial charge in [0, 0.05) is 13.2 Å². The summed E-state index contributed by atoms with van der Waals surface area (Å²) < 4.78 is 5.50. The van der Waals surface area contributed by atoms with E-state index in [0.717, 1.165) is 25.9 Å². The Labute approximate surface area is 105 Å². The van der Waals surface area contributed by atoms with Gasteiger partial charge in [-0.15, -0.1) is 0 Å². The van der Waals surface area contributed by atoms with Gasteiger partial charge in [0.2, 0.25) is 0 Å². The molecule has 0 heterocycles. The number of carbonyl (C=O) groups is 1. The minimum Gasteiger partial charge on any atom is -0.480 e. The summed E-state index contributed by atoms with van der Waals surface area (Å²) in [4.78, 5) is 10.7. The SMILES string of the molecule is CC(C)(C)CCOCCCCC(C)(N)C(=O)O. The summed E-state index contributed by atoms with van der Waals surface area (Å²) in [5.41, 5.74) is 4.82. The molecule has 1 atom stereocenters. The molecule has 0 bridgehead atoms. The maximum atomic E-state index is 10.7. The van der Waals surface area contributed by atoms with Gasteiger partial charge in [-0.05, 0) is 38.0 Å². The minimum absolute atomic E-state index is 0.305. The van der Waals surface area contributed by atoms with E-state index < -0.39 is 11.5 Å². The Balaban J connectivity index is 3.45. The average Bonchev–Trinajstić information content (AvgIpc) is 2.14. The van der Waals surface area contributed by atoms with Crippen molar-refractivity contribution in [2.45, 2.75) is 58.9 Å². The van der Waals surface area contributed by atoms with E-state index in [2.05, 4.69) is 20.8 Å². The van der Waals surface area contributed by atoms with Gasteiger partial charge in [0.05, 0.1) is 0 Å². The number of carboxylic acids is 1. The molecule has 17 heavy (non-hydrogen) atoms. The van der Waals surface area contributed by atoms with Gasteiger partial charge in [0.25, 0.3) is 0 Å². The summed E-state index contributed by atoms with van der Waals surface area (Å²) >= 11 is 0. The molecular weight excluding hydrogens is 218 g/mol. The van der Waals surface area contributed by atoms with Crippen LogP contribution in [0.3, 0.4) is 0 Å². The first-order chi connectivity index (χ1) is 7.65. The Bertz CT molecular complexity index is 231. The molecule has 0 radical (unpaired) electrons. The molecule has 0 aromatic carbocycles. The molecule has 1 unspecified atom stereocenters. The Kier molecular flexibility index (Phi) is 6.72. The fourth-order valence-electron chi connectivity index (χ4n) is 1.28. The number of carboxylic acid groups (broad SMARTS) is 1. The van der Waals surface area contributed by atoms with Crippen molar-refractivity contribution in [3.05, 3.63) is 0 Å². The van der Waals surface area contributed by atoms with Gasteiger partial charge < -0.3 is 15.6 Å². The third-order valence-electron chi connectivity index (χ3n) is 2.72. The van der Waals surface area contributed by atoms with Gasteiger partial charge in [-0.1, -0.05) is 20.8 Å². The largest absolute Gasteiger partial charge is 0.480 e. The fraction of sp³-hybridized carbons (Fsp3) is 0.923. The van der Waals surface area contributed by atoms with Crippen LogP contribution in [0.2, 0.25) is 0 Å². The number of nitrogens with two attached hydrogens (primary N) is 1. The van der Waals surface area contributed by atoms with Crippen molar-refractivity contribution >= 4 is 5.97 Å². The molecule has 0 spiro atoms. The molecular formula is C13H27NO3. The number of hydrogen-bond donors (Lipinski definition) is 2. The van der Waals surface area contributed by atoms with Crippen LogP contribution >= 0.6 is 0 Å². The Morgan fingerprint density at radius 1 is 1.12 bits per heavy atom. The molecule has 0 aliphatic heterocycles. The van der Waals surface area contributed by atoms with Crippen molar-refractivity contribution in [2.75, 3.05) is 13.2 Å². The van der Waals surface area contributed by atoms with Crippen molar-refractivity contribution in [3.8, 4) is 0 Å². The van der Waals surface area contributed by atoms with E-state index in [9.17, 15) is 4.79 Å². The molecule has 0 fully saturated rings. The van der Waals surface area contributed by atoms with Gasteiger partial charge in [-0.3, -0.25) is 4.79 Å². The summed E-state index contributed by atoms with van der Waals surface area (Å²) in [5, 5.41) is 8.82. The second-order valence-electron chi connectivity index (χ2n) is 6.10. The zero-order valence-corrected chi connectivity index (χ0v) is 11.6. The first kappa shape index (κ1) is 16.4. The van der Waals surface area contributed by atoms with Gasteiger partial charge in [0.1, 0.15) is 5.54 Å². The zero-order chi connectivity index (χ0) is 13.5. The molecule has 102 valence electrons. The second-order valence-corrected chi connectivity index (χ2v) is 6.10. The van der Waals surface area contributed by atoms with Gasteiger partial charge >= 0.3 is 5.97 Å². The molecule has 0 saturated carbocycles. The van der Waals surface area contributed by atoms with E-state index in [-0.39, 0.29) is 0 Å². The van der Waals surface area contributed by atoms with Gasteiger partial charge in [-0.25, -0.2) is 0 Å². The predicted molar refractivity (Wildman–Crippen MR) is 69.0 cm³/mol. The fourth-order valence-corrected chi connectivity index (χ4v) is 1.28. The highest BCUT2D eigenvalue weighted by atomic mass is 16.5. The van der Waals surface area contributed by atoms with Crippen LogP contribution in [0.15, 0.2) is 0 Å². The molecule has 0 amide bonds. The zero-order valence-electron chi connectivity index (χ0n) is 11.6. The third-order valence-corrected chi connectivity index (χ3v) is 2.72.